The number of para-hydroxylation sites is 2. The van der Waals surface area contributed by atoms with Crippen LogP contribution in [-0.4, -0.2) is 25.5 Å². The number of nitrogens with zero attached hydrogens (tertiary/aromatic N) is 1. The Labute approximate surface area is 164 Å². The van der Waals surface area contributed by atoms with Crippen molar-refractivity contribution < 1.29 is 19.1 Å². The van der Waals surface area contributed by atoms with Crippen molar-refractivity contribution in [2.45, 2.75) is 6.92 Å². The lowest BCUT2D eigenvalue weighted by Gasteiger charge is -2.26. The summed E-state index contributed by atoms with van der Waals surface area (Å²) >= 11 is 0. The molecule has 3 aromatic rings. The summed E-state index contributed by atoms with van der Waals surface area (Å²) in [6, 6.07) is 25.0. The third-order valence-electron chi connectivity index (χ3n) is 4.06. The van der Waals surface area contributed by atoms with Gasteiger partial charge in [-0.1, -0.05) is 36.4 Å². The predicted molar refractivity (Wildman–Crippen MR) is 109 cm³/mol. The highest BCUT2D eigenvalue weighted by Crippen LogP contribution is 2.36. The number of anilines is 3. The number of aldehydes is 1. The maximum atomic E-state index is 11.6. The number of carbonyl (C=O) groups is 2. The lowest BCUT2D eigenvalue weighted by atomic mass is 10.1. The molecule has 142 valence electrons. The number of esters is 1. The molecule has 0 spiro atoms. The third kappa shape index (κ3) is 4.57. The Morgan fingerprint density at radius 1 is 0.893 bits per heavy atom. The molecule has 0 saturated heterocycles. The van der Waals surface area contributed by atoms with Crippen molar-refractivity contribution in [2.24, 2.45) is 0 Å². The van der Waals surface area contributed by atoms with Crippen LogP contribution in [0.4, 0.5) is 17.1 Å². The normalized spacial score (nSPS) is 10.2. The Bertz CT molecular complexity index is 886. The maximum Gasteiger partial charge on any atom is 0.344 e. The van der Waals surface area contributed by atoms with E-state index in [1.54, 1.807) is 19.1 Å². The van der Waals surface area contributed by atoms with Gasteiger partial charge in [0.2, 0.25) is 0 Å². The number of benzene rings is 3. The van der Waals surface area contributed by atoms with E-state index in [9.17, 15) is 9.59 Å². The van der Waals surface area contributed by atoms with E-state index < -0.39 is 5.97 Å². The van der Waals surface area contributed by atoms with Crippen LogP contribution in [0.5, 0.6) is 5.75 Å². The first-order chi connectivity index (χ1) is 13.7. The predicted octanol–water partition coefficient (Wildman–Crippen LogP) is 4.91. The number of carbonyl (C=O) groups excluding carboxylic acids is 2. The Kier molecular flexibility index (Phi) is 6.41. The summed E-state index contributed by atoms with van der Waals surface area (Å²) in [6.07, 6.45) is 0.708. The first-order valence-electron chi connectivity index (χ1n) is 9.00. The molecule has 3 aromatic carbocycles. The lowest BCUT2D eigenvalue weighted by molar-refractivity contribution is -0.145. The molecule has 0 N–H and O–H groups in total. The first-order valence-corrected chi connectivity index (χ1v) is 9.00. The highest BCUT2D eigenvalue weighted by molar-refractivity contribution is 5.84. The van der Waals surface area contributed by atoms with Crippen LogP contribution < -0.4 is 9.64 Å². The first kappa shape index (κ1) is 19.2. The zero-order chi connectivity index (χ0) is 19.8. The number of hydrogen-bond donors (Lipinski definition) is 0. The van der Waals surface area contributed by atoms with Gasteiger partial charge in [-0.25, -0.2) is 4.79 Å². The van der Waals surface area contributed by atoms with Crippen molar-refractivity contribution in [1.29, 1.82) is 0 Å². The van der Waals surface area contributed by atoms with Crippen LogP contribution in [0.25, 0.3) is 0 Å². The van der Waals surface area contributed by atoms with E-state index in [1.165, 1.54) is 0 Å². The fourth-order valence-corrected chi connectivity index (χ4v) is 2.83. The molecule has 0 saturated carbocycles. The van der Waals surface area contributed by atoms with Crippen LogP contribution in [0.1, 0.15) is 17.3 Å². The number of rotatable bonds is 8. The third-order valence-corrected chi connectivity index (χ3v) is 4.06. The quantitative estimate of drug-likeness (QED) is 0.414. The minimum Gasteiger partial charge on any atom is -0.481 e. The van der Waals surface area contributed by atoms with Gasteiger partial charge in [-0.05, 0) is 43.3 Å². The van der Waals surface area contributed by atoms with E-state index in [0.717, 1.165) is 17.1 Å². The van der Waals surface area contributed by atoms with E-state index in [4.69, 9.17) is 9.47 Å². The van der Waals surface area contributed by atoms with Crippen molar-refractivity contribution >= 4 is 29.3 Å². The van der Waals surface area contributed by atoms with Crippen LogP contribution in [0.2, 0.25) is 0 Å². The summed E-state index contributed by atoms with van der Waals surface area (Å²) in [4.78, 5) is 25.1. The van der Waals surface area contributed by atoms with Crippen molar-refractivity contribution in [3.63, 3.8) is 0 Å². The van der Waals surface area contributed by atoms with Gasteiger partial charge < -0.3 is 14.4 Å². The molecule has 0 aliphatic heterocycles. The Hall–Kier alpha value is -3.60. The standard InChI is InChI=1S/C23H21NO4/c1-2-27-23(26)17-28-22-15-21(14-13-18(22)16-25)24(19-9-5-3-6-10-19)20-11-7-4-8-12-20/h3-16H,2,17H2,1H3. The second-order valence-corrected chi connectivity index (χ2v) is 5.94. The molecular weight excluding hydrogens is 354 g/mol. The van der Waals surface area contributed by atoms with E-state index in [1.807, 2.05) is 71.6 Å². The molecule has 0 radical (unpaired) electrons. The average Bonchev–Trinajstić information content (AvgIpc) is 2.74. The summed E-state index contributed by atoms with van der Waals surface area (Å²) in [5.41, 5.74) is 3.10. The summed E-state index contributed by atoms with van der Waals surface area (Å²) < 4.78 is 10.5. The van der Waals surface area contributed by atoms with Crippen LogP contribution in [-0.2, 0) is 9.53 Å². The summed E-state index contributed by atoms with van der Waals surface area (Å²) in [5.74, 6) is -0.148. The topological polar surface area (TPSA) is 55.8 Å². The zero-order valence-electron chi connectivity index (χ0n) is 15.6. The Balaban J connectivity index is 1.99. The number of ether oxygens (including phenoxy) is 2. The van der Waals surface area contributed by atoms with Gasteiger partial charge in [0.1, 0.15) is 5.75 Å². The fraction of sp³-hybridized carbons (Fsp3) is 0.130. The van der Waals surface area contributed by atoms with E-state index in [2.05, 4.69) is 0 Å². The van der Waals surface area contributed by atoms with Gasteiger partial charge in [-0.15, -0.1) is 0 Å². The summed E-state index contributed by atoms with van der Waals surface area (Å²) in [5, 5.41) is 0. The molecule has 0 aliphatic carbocycles. The molecule has 0 unspecified atom stereocenters. The van der Waals surface area contributed by atoms with E-state index in [0.29, 0.717) is 17.6 Å². The van der Waals surface area contributed by atoms with Gasteiger partial charge in [0.15, 0.2) is 12.9 Å². The van der Waals surface area contributed by atoms with Crippen molar-refractivity contribution in [2.75, 3.05) is 18.1 Å². The largest absolute Gasteiger partial charge is 0.481 e. The van der Waals surface area contributed by atoms with Crippen LogP contribution in [0.15, 0.2) is 78.9 Å². The molecule has 5 heteroatoms. The molecule has 0 amide bonds. The molecule has 0 atom stereocenters. The van der Waals surface area contributed by atoms with Gasteiger partial charge in [-0.3, -0.25) is 4.79 Å². The smallest absolute Gasteiger partial charge is 0.344 e. The fourth-order valence-electron chi connectivity index (χ4n) is 2.83. The Morgan fingerprint density at radius 3 is 2.04 bits per heavy atom. The minimum absolute atomic E-state index is 0.255. The van der Waals surface area contributed by atoms with Crippen molar-refractivity contribution in [3.05, 3.63) is 84.4 Å². The van der Waals surface area contributed by atoms with Gasteiger partial charge >= 0.3 is 5.97 Å². The molecule has 28 heavy (non-hydrogen) atoms. The lowest BCUT2D eigenvalue weighted by Crippen LogP contribution is -2.16. The Morgan fingerprint density at radius 2 is 1.50 bits per heavy atom. The SMILES string of the molecule is CCOC(=O)COc1cc(N(c2ccccc2)c2ccccc2)ccc1C=O. The second-order valence-electron chi connectivity index (χ2n) is 5.94. The van der Waals surface area contributed by atoms with Gasteiger partial charge in [0.05, 0.1) is 12.2 Å². The second kappa shape index (κ2) is 9.37. The number of hydrogen-bond acceptors (Lipinski definition) is 5. The van der Waals surface area contributed by atoms with Gasteiger partial charge in [0.25, 0.3) is 0 Å². The molecular formula is C23H21NO4. The summed E-state index contributed by atoms with van der Waals surface area (Å²) in [7, 11) is 0. The molecule has 0 aliphatic rings. The van der Waals surface area contributed by atoms with Crippen LogP contribution in [0, 0.1) is 0 Å². The monoisotopic (exact) mass is 375 g/mol. The van der Waals surface area contributed by atoms with Gasteiger partial charge in [-0.2, -0.15) is 0 Å². The highest BCUT2D eigenvalue weighted by Gasteiger charge is 2.15. The molecule has 0 bridgehead atoms. The highest BCUT2D eigenvalue weighted by atomic mass is 16.6. The molecule has 3 rings (SSSR count). The zero-order valence-corrected chi connectivity index (χ0v) is 15.6. The summed E-state index contributed by atoms with van der Waals surface area (Å²) in [6.45, 7) is 1.75. The molecule has 0 aromatic heterocycles. The van der Waals surface area contributed by atoms with Gasteiger partial charge in [0, 0.05) is 23.1 Å². The minimum atomic E-state index is -0.479. The van der Waals surface area contributed by atoms with Crippen LogP contribution in [0.3, 0.4) is 0 Å². The van der Waals surface area contributed by atoms with Crippen molar-refractivity contribution in [3.8, 4) is 5.75 Å². The maximum absolute atomic E-state index is 11.6. The van der Waals surface area contributed by atoms with Crippen molar-refractivity contribution in [1.82, 2.24) is 0 Å². The average molecular weight is 375 g/mol. The molecule has 0 heterocycles. The van der Waals surface area contributed by atoms with E-state index in [-0.39, 0.29) is 13.2 Å². The van der Waals surface area contributed by atoms with E-state index >= 15 is 0 Å². The van der Waals surface area contributed by atoms with Crippen LogP contribution >= 0.6 is 0 Å². The molecule has 5 nitrogen and oxygen atoms in total. The molecule has 0 fully saturated rings.